The first-order chi connectivity index (χ1) is 6.02. The second-order valence-corrected chi connectivity index (χ2v) is 2.49. The highest BCUT2D eigenvalue weighted by Gasteiger charge is 1.92. The van der Waals surface area contributed by atoms with Gasteiger partial charge in [-0.2, -0.15) is 0 Å². The Balaban J connectivity index is 3.82. The molecule has 0 aromatic rings. The summed E-state index contributed by atoms with van der Waals surface area (Å²) in [5.74, 6) is -1.17. The fourth-order valence-corrected chi connectivity index (χ4v) is 0.384. The van der Waals surface area contributed by atoms with Gasteiger partial charge in [0, 0.05) is 6.04 Å². The van der Waals surface area contributed by atoms with Gasteiger partial charge >= 0.3 is 5.97 Å². The van der Waals surface area contributed by atoms with Crippen LogP contribution in [0.25, 0.3) is 0 Å². The Morgan fingerprint density at radius 3 is 2.69 bits per heavy atom. The maximum Gasteiger partial charge on any atom is 0.348 e. The first-order valence-electron chi connectivity index (χ1n) is 3.63. The van der Waals surface area contributed by atoms with E-state index in [2.05, 4.69) is 21.1 Å². The molecule has 0 aromatic carbocycles. The predicted octanol–water partition coefficient (Wildman–Crippen LogP) is -1.13. The van der Waals surface area contributed by atoms with Crippen molar-refractivity contribution >= 4 is 18.1 Å². The molecular weight excluding hydrogens is 174 g/mol. The fraction of sp³-hybridized carbons (Fsp3) is 0.500. The first-order valence-corrected chi connectivity index (χ1v) is 3.63. The largest absolute Gasteiger partial charge is 0.477 e. The summed E-state index contributed by atoms with van der Waals surface area (Å²) in [6, 6.07) is 0.192. The highest BCUT2D eigenvalue weighted by molar-refractivity contribution is 6.22. The van der Waals surface area contributed by atoms with Crippen LogP contribution in [0, 0.1) is 0 Å². The molecule has 0 fully saturated rings. The third-order valence-corrected chi connectivity index (χ3v) is 0.823. The molecule has 0 aliphatic carbocycles. The zero-order chi connectivity index (χ0) is 10.3. The van der Waals surface area contributed by atoms with Crippen LogP contribution in [0.15, 0.2) is 10.2 Å². The lowest BCUT2D eigenvalue weighted by molar-refractivity contribution is -0.128. The van der Waals surface area contributed by atoms with Crippen molar-refractivity contribution in [2.24, 2.45) is 15.9 Å². The van der Waals surface area contributed by atoms with Crippen molar-refractivity contribution in [3.05, 3.63) is 0 Å². The molecule has 0 aliphatic heterocycles. The number of nitrogens with one attached hydrogen (secondary N) is 2. The molecule has 0 rings (SSSR count). The van der Waals surface area contributed by atoms with Gasteiger partial charge in [0.1, 0.15) is 6.21 Å². The molecule has 7 nitrogen and oxygen atoms in total. The van der Waals surface area contributed by atoms with Gasteiger partial charge in [-0.15, -0.1) is 10.2 Å². The average Bonchev–Trinajstić information content (AvgIpc) is 2.00. The number of rotatable bonds is 4. The Morgan fingerprint density at radius 2 is 2.23 bits per heavy atom. The number of aliphatic carboxylic acids is 1. The molecule has 0 amide bonds. The molecule has 7 heteroatoms. The molecule has 0 aromatic heterocycles. The Kier molecular flexibility index (Phi) is 5.20. The monoisotopic (exact) mass is 187 g/mol. The molecule has 0 radical (unpaired) electrons. The van der Waals surface area contributed by atoms with Crippen molar-refractivity contribution in [2.75, 3.05) is 0 Å². The van der Waals surface area contributed by atoms with Gasteiger partial charge in [-0.25, -0.2) is 10.2 Å². The minimum atomic E-state index is -1.17. The third-order valence-electron chi connectivity index (χ3n) is 0.823. The number of carboxylic acid groups (broad SMARTS) is 1. The van der Waals surface area contributed by atoms with Crippen LogP contribution in [0.3, 0.4) is 0 Å². The number of hydrazine groups is 1. The maximum atomic E-state index is 9.95. The molecule has 0 bridgehead atoms. The van der Waals surface area contributed by atoms with E-state index in [4.69, 9.17) is 10.8 Å². The van der Waals surface area contributed by atoms with Crippen molar-refractivity contribution in [1.82, 2.24) is 10.9 Å². The quantitative estimate of drug-likeness (QED) is 0.253. The van der Waals surface area contributed by atoms with Crippen LogP contribution in [0.4, 0.5) is 0 Å². The van der Waals surface area contributed by atoms with E-state index in [-0.39, 0.29) is 12.0 Å². The minimum absolute atomic E-state index is 0.00574. The van der Waals surface area contributed by atoms with E-state index in [9.17, 15) is 4.79 Å². The SMILES string of the molecule is CC(C)NNC(N)=N/N=C\C(=O)O. The molecule has 74 valence electrons. The Hall–Kier alpha value is -1.63. The lowest BCUT2D eigenvalue weighted by Gasteiger charge is -2.08. The van der Waals surface area contributed by atoms with E-state index in [0.717, 1.165) is 0 Å². The summed E-state index contributed by atoms with van der Waals surface area (Å²) in [4.78, 5) is 9.95. The normalized spacial score (nSPS) is 12.4. The summed E-state index contributed by atoms with van der Waals surface area (Å²) >= 11 is 0. The van der Waals surface area contributed by atoms with Crippen LogP contribution in [-0.2, 0) is 4.79 Å². The molecule has 0 aliphatic rings. The highest BCUT2D eigenvalue weighted by Crippen LogP contribution is 1.72. The molecule has 0 spiro atoms. The average molecular weight is 187 g/mol. The van der Waals surface area contributed by atoms with E-state index in [1.54, 1.807) is 0 Å². The fourth-order valence-electron chi connectivity index (χ4n) is 0.384. The molecule has 13 heavy (non-hydrogen) atoms. The van der Waals surface area contributed by atoms with Crippen LogP contribution >= 0.6 is 0 Å². The minimum Gasteiger partial charge on any atom is -0.477 e. The number of hydrogen-bond donors (Lipinski definition) is 4. The predicted molar refractivity (Wildman–Crippen MR) is 49.2 cm³/mol. The standard InChI is InChI=1S/C6H13N5O2/c1-4(2)9-11-6(7)10-8-3-5(12)13/h3-4,9H,1-2H3,(H,12,13)(H3,7,10,11)/b8-3-. The second-order valence-electron chi connectivity index (χ2n) is 2.49. The lowest BCUT2D eigenvalue weighted by Crippen LogP contribution is -2.45. The highest BCUT2D eigenvalue weighted by atomic mass is 16.4. The van der Waals surface area contributed by atoms with Gasteiger partial charge < -0.3 is 10.8 Å². The molecule has 0 atom stereocenters. The number of guanidine groups is 1. The topological polar surface area (TPSA) is 112 Å². The Bertz CT molecular complexity index is 223. The summed E-state index contributed by atoms with van der Waals surface area (Å²) in [6.45, 7) is 3.81. The zero-order valence-electron chi connectivity index (χ0n) is 7.48. The first kappa shape index (κ1) is 11.4. The molecule has 5 N–H and O–H groups in total. The molecule has 0 heterocycles. The van der Waals surface area contributed by atoms with E-state index >= 15 is 0 Å². The Labute approximate surface area is 75.7 Å². The van der Waals surface area contributed by atoms with Crippen molar-refractivity contribution < 1.29 is 9.90 Å². The van der Waals surface area contributed by atoms with Gasteiger partial charge in [0.15, 0.2) is 0 Å². The van der Waals surface area contributed by atoms with Crippen LogP contribution in [-0.4, -0.2) is 29.3 Å². The van der Waals surface area contributed by atoms with Gasteiger partial charge in [-0.1, -0.05) is 0 Å². The second kappa shape index (κ2) is 5.95. The van der Waals surface area contributed by atoms with Gasteiger partial charge in [0.25, 0.3) is 0 Å². The van der Waals surface area contributed by atoms with Gasteiger partial charge in [0.05, 0.1) is 0 Å². The van der Waals surface area contributed by atoms with E-state index in [1.165, 1.54) is 0 Å². The van der Waals surface area contributed by atoms with Crippen molar-refractivity contribution in [2.45, 2.75) is 19.9 Å². The summed E-state index contributed by atoms with van der Waals surface area (Å²) in [5.41, 5.74) is 10.6. The number of carbonyl (C=O) groups is 1. The van der Waals surface area contributed by atoms with E-state index in [1.807, 2.05) is 13.8 Å². The van der Waals surface area contributed by atoms with Gasteiger partial charge in [-0.3, -0.25) is 5.43 Å². The lowest BCUT2D eigenvalue weighted by atomic mass is 10.4. The van der Waals surface area contributed by atoms with Gasteiger partial charge in [-0.05, 0) is 13.8 Å². The summed E-state index contributed by atoms with van der Waals surface area (Å²) < 4.78 is 0. The summed E-state index contributed by atoms with van der Waals surface area (Å²) in [7, 11) is 0. The summed E-state index contributed by atoms with van der Waals surface area (Å²) in [5, 5.41) is 14.7. The number of carboxylic acids is 1. The van der Waals surface area contributed by atoms with Crippen LogP contribution in [0.2, 0.25) is 0 Å². The number of hydrogen-bond acceptors (Lipinski definition) is 4. The van der Waals surface area contributed by atoms with Crippen molar-refractivity contribution in [3.8, 4) is 0 Å². The van der Waals surface area contributed by atoms with Gasteiger partial charge in [0.2, 0.25) is 5.96 Å². The summed E-state index contributed by atoms with van der Waals surface area (Å²) in [6.07, 6.45) is 0.643. The number of nitrogens with zero attached hydrogens (tertiary/aromatic N) is 2. The molecule has 0 saturated carbocycles. The van der Waals surface area contributed by atoms with E-state index < -0.39 is 5.97 Å². The van der Waals surface area contributed by atoms with Crippen molar-refractivity contribution in [3.63, 3.8) is 0 Å². The molecule has 0 saturated heterocycles. The van der Waals surface area contributed by atoms with E-state index in [0.29, 0.717) is 6.21 Å². The van der Waals surface area contributed by atoms with Crippen LogP contribution < -0.4 is 16.6 Å². The third kappa shape index (κ3) is 8.27. The molecule has 0 unspecified atom stereocenters. The maximum absolute atomic E-state index is 9.95. The zero-order valence-corrected chi connectivity index (χ0v) is 7.48. The van der Waals surface area contributed by atoms with Crippen LogP contribution in [0.1, 0.15) is 13.8 Å². The molecular formula is C6H13N5O2. The van der Waals surface area contributed by atoms with Crippen LogP contribution in [0.5, 0.6) is 0 Å². The number of nitrogens with two attached hydrogens (primary N) is 1. The Morgan fingerprint density at radius 1 is 1.62 bits per heavy atom. The van der Waals surface area contributed by atoms with Crippen molar-refractivity contribution in [1.29, 1.82) is 0 Å². The smallest absolute Gasteiger partial charge is 0.348 e.